The molecule has 3 aromatic rings. The number of aryl methyl sites for hydroxylation is 2. The largest absolute Gasteiger partial charge is 0.410 e. The zero-order valence-corrected chi connectivity index (χ0v) is 18.3. The highest BCUT2D eigenvalue weighted by atomic mass is 32.2. The van der Waals surface area contributed by atoms with E-state index in [1.807, 2.05) is 13.8 Å². The molecule has 9 heteroatoms. The highest BCUT2D eigenvalue weighted by molar-refractivity contribution is 7.92. The normalized spacial score (nSPS) is 14.9. The van der Waals surface area contributed by atoms with Gasteiger partial charge in [-0.05, 0) is 51.0 Å². The van der Waals surface area contributed by atoms with Gasteiger partial charge in [0.2, 0.25) is 20.7 Å². The third kappa shape index (κ3) is 3.63. The lowest BCUT2D eigenvalue weighted by molar-refractivity contribution is 0.429. The molecule has 1 saturated heterocycles. The zero-order valence-electron chi connectivity index (χ0n) is 16.7. The monoisotopic (exact) mass is 446 g/mol. The van der Waals surface area contributed by atoms with Gasteiger partial charge in [0.05, 0.1) is 9.79 Å². The standard InChI is InChI=1S/C21H22N2O5S2/c1-15-5-9-17(10-6-15)29(24,25)19-20(23-13-3-4-14-23)28-21(22-19)30(26,27)18-11-7-16(2)8-12-18/h5-12H,3-4,13-14H2,1-2H3. The summed E-state index contributed by atoms with van der Waals surface area (Å²) in [5.41, 5.74) is 1.82. The van der Waals surface area contributed by atoms with Gasteiger partial charge < -0.3 is 9.32 Å². The van der Waals surface area contributed by atoms with Crippen molar-refractivity contribution in [2.24, 2.45) is 0 Å². The van der Waals surface area contributed by atoms with Crippen LogP contribution in [-0.2, 0) is 19.7 Å². The Morgan fingerprint density at radius 1 is 0.767 bits per heavy atom. The van der Waals surface area contributed by atoms with E-state index in [2.05, 4.69) is 4.98 Å². The van der Waals surface area contributed by atoms with E-state index in [1.165, 1.54) is 24.3 Å². The number of nitrogens with zero attached hydrogens (tertiary/aromatic N) is 2. The quantitative estimate of drug-likeness (QED) is 0.591. The van der Waals surface area contributed by atoms with E-state index >= 15 is 0 Å². The van der Waals surface area contributed by atoms with Crippen molar-refractivity contribution in [3.63, 3.8) is 0 Å². The Labute approximate surface area is 176 Å². The number of hydrogen-bond donors (Lipinski definition) is 0. The van der Waals surface area contributed by atoms with Gasteiger partial charge in [-0.2, -0.15) is 4.98 Å². The molecular formula is C21H22N2O5S2. The fourth-order valence-electron chi connectivity index (χ4n) is 3.34. The van der Waals surface area contributed by atoms with E-state index in [0.29, 0.717) is 13.1 Å². The van der Waals surface area contributed by atoms with Crippen LogP contribution in [0.15, 0.2) is 73.0 Å². The van der Waals surface area contributed by atoms with Crippen LogP contribution in [0.25, 0.3) is 0 Å². The molecule has 7 nitrogen and oxygen atoms in total. The van der Waals surface area contributed by atoms with E-state index in [0.717, 1.165) is 24.0 Å². The number of anilines is 1. The number of hydrogen-bond acceptors (Lipinski definition) is 7. The second-order valence-corrected chi connectivity index (χ2v) is 11.1. The van der Waals surface area contributed by atoms with Gasteiger partial charge in [0.1, 0.15) is 0 Å². The molecule has 0 atom stereocenters. The number of rotatable bonds is 5. The van der Waals surface area contributed by atoms with Crippen molar-refractivity contribution in [3.05, 3.63) is 59.7 Å². The number of aromatic nitrogens is 1. The molecule has 1 aliphatic heterocycles. The summed E-state index contributed by atoms with van der Waals surface area (Å²) >= 11 is 0. The molecule has 0 N–H and O–H groups in total. The van der Waals surface area contributed by atoms with E-state index in [4.69, 9.17) is 4.42 Å². The lowest BCUT2D eigenvalue weighted by Crippen LogP contribution is -2.19. The van der Waals surface area contributed by atoms with E-state index in [-0.39, 0.29) is 20.7 Å². The molecule has 1 aliphatic rings. The molecule has 4 rings (SSSR count). The minimum Gasteiger partial charge on any atom is -0.410 e. The summed E-state index contributed by atoms with van der Waals surface area (Å²) < 4.78 is 58.4. The zero-order chi connectivity index (χ0) is 21.5. The highest BCUT2D eigenvalue weighted by Crippen LogP contribution is 2.35. The Bertz CT molecular complexity index is 1270. The summed E-state index contributed by atoms with van der Waals surface area (Å²) in [6, 6.07) is 12.6. The summed E-state index contributed by atoms with van der Waals surface area (Å²) in [5.74, 6) is -0.0150. The van der Waals surface area contributed by atoms with E-state index in [1.54, 1.807) is 29.2 Å². The molecule has 2 heterocycles. The van der Waals surface area contributed by atoms with Crippen molar-refractivity contribution >= 4 is 25.6 Å². The molecule has 1 fully saturated rings. The Balaban J connectivity index is 1.87. The molecule has 158 valence electrons. The van der Waals surface area contributed by atoms with Gasteiger partial charge in [-0.25, -0.2) is 16.8 Å². The Morgan fingerprint density at radius 2 is 1.23 bits per heavy atom. The maximum atomic E-state index is 13.3. The predicted molar refractivity (Wildman–Crippen MR) is 111 cm³/mol. The number of oxazole rings is 1. The molecule has 1 aromatic heterocycles. The van der Waals surface area contributed by atoms with Crippen molar-refractivity contribution in [3.8, 4) is 0 Å². The summed E-state index contributed by atoms with van der Waals surface area (Å²) in [7, 11) is -8.17. The van der Waals surface area contributed by atoms with Crippen LogP contribution >= 0.6 is 0 Å². The third-order valence-electron chi connectivity index (χ3n) is 5.10. The molecule has 2 aromatic carbocycles. The Kier molecular flexibility index (Phi) is 5.19. The molecule has 0 bridgehead atoms. The van der Waals surface area contributed by atoms with Crippen molar-refractivity contribution in [2.75, 3.05) is 18.0 Å². The summed E-state index contributed by atoms with van der Waals surface area (Å²) in [5, 5.41) is -0.974. The van der Waals surface area contributed by atoms with Crippen LogP contribution in [0, 0.1) is 13.8 Å². The first-order valence-electron chi connectivity index (χ1n) is 9.59. The molecule has 0 unspecified atom stereocenters. The van der Waals surface area contributed by atoms with Crippen LogP contribution in [0.3, 0.4) is 0 Å². The molecule has 0 saturated carbocycles. The third-order valence-corrected chi connectivity index (χ3v) is 8.29. The predicted octanol–water partition coefficient (Wildman–Crippen LogP) is 3.56. The molecular weight excluding hydrogens is 424 g/mol. The summed E-state index contributed by atoms with van der Waals surface area (Å²) in [6.45, 7) is 4.86. The van der Waals surface area contributed by atoms with Crippen molar-refractivity contribution in [1.29, 1.82) is 0 Å². The molecule has 30 heavy (non-hydrogen) atoms. The maximum Gasteiger partial charge on any atom is 0.323 e. The van der Waals surface area contributed by atoms with Crippen molar-refractivity contribution in [2.45, 2.75) is 46.7 Å². The average Bonchev–Trinajstić information content (AvgIpc) is 3.39. The minimum atomic E-state index is -4.11. The van der Waals surface area contributed by atoms with Gasteiger partial charge in [0, 0.05) is 13.1 Å². The fourth-order valence-corrected chi connectivity index (χ4v) is 5.81. The molecule has 0 spiro atoms. The Morgan fingerprint density at radius 3 is 1.73 bits per heavy atom. The van der Waals surface area contributed by atoms with Gasteiger partial charge in [-0.3, -0.25) is 0 Å². The Hall–Kier alpha value is -2.65. The lowest BCUT2D eigenvalue weighted by atomic mass is 10.2. The minimum absolute atomic E-state index is 0.00149. The second kappa shape index (κ2) is 7.55. The highest BCUT2D eigenvalue weighted by Gasteiger charge is 2.36. The van der Waals surface area contributed by atoms with Crippen LogP contribution in [0.2, 0.25) is 0 Å². The lowest BCUT2D eigenvalue weighted by Gasteiger charge is -2.14. The molecule has 0 radical (unpaired) electrons. The van der Waals surface area contributed by atoms with Crippen LogP contribution < -0.4 is 4.90 Å². The second-order valence-electron chi connectivity index (χ2n) is 7.42. The summed E-state index contributed by atoms with van der Waals surface area (Å²) in [4.78, 5) is 5.79. The summed E-state index contributed by atoms with van der Waals surface area (Å²) in [6.07, 6.45) is 1.73. The topological polar surface area (TPSA) is 97.5 Å². The maximum absolute atomic E-state index is 13.3. The van der Waals surface area contributed by atoms with Crippen molar-refractivity contribution < 1.29 is 21.3 Å². The van der Waals surface area contributed by atoms with Crippen LogP contribution in [0.4, 0.5) is 5.88 Å². The van der Waals surface area contributed by atoms with E-state index in [9.17, 15) is 16.8 Å². The van der Waals surface area contributed by atoms with Crippen LogP contribution in [0.5, 0.6) is 0 Å². The number of benzene rings is 2. The van der Waals surface area contributed by atoms with E-state index < -0.39 is 24.9 Å². The van der Waals surface area contributed by atoms with Crippen LogP contribution in [-0.4, -0.2) is 34.9 Å². The number of sulfone groups is 2. The first-order chi connectivity index (χ1) is 14.2. The SMILES string of the molecule is Cc1ccc(S(=O)(=O)c2nc(S(=O)(=O)c3ccc(C)cc3)c(N3CCCC3)o2)cc1. The first-order valence-corrected chi connectivity index (χ1v) is 12.6. The van der Waals surface area contributed by atoms with Crippen molar-refractivity contribution in [1.82, 2.24) is 4.98 Å². The molecule has 0 amide bonds. The van der Waals surface area contributed by atoms with Gasteiger partial charge >= 0.3 is 5.22 Å². The molecule has 0 aliphatic carbocycles. The average molecular weight is 447 g/mol. The van der Waals surface area contributed by atoms with Gasteiger partial charge in [0.15, 0.2) is 0 Å². The first kappa shape index (κ1) is 20.6. The fraction of sp³-hybridized carbons (Fsp3) is 0.286. The van der Waals surface area contributed by atoms with Crippen LogP contribution in [0.1, 0.15) is 24.0 Å². The smallest absolute Gasteiger partial charge is 0.323 e. The van der Waals surface area contributed by atoms with Gasteiger partial charge in [-0.15, -0.1) is 0 Å². The van der Waals surface area contributed by atoms with Gasteiger partial charge in [-0.1, -0.05) is 35.4 Å². The van der Waals surface area contributed by atoms with Gasteiger partial charge in [0.25, 0.3) is 9.84 Å².